The highest BCUT2D eigenvalue weighted by Crippen LogP contribution is 2.27. The van der Waals surface area contributed by atoms with Crippen LogP contribution in [0.15, 0.2) is 29.4 Å². The van der Waals surface area contributed by atoms with E-state index in [1.54, 1.807) is 0 Å². The predicted octanol–water partition coefficient (Wildman–Crippen LogP) is 3.88. The van der Waals surface area contributed by atoms with E-state index in [0.29, 0.717) is 17.0 Å². The quantitative estimate of drug-likeness (QED) is 0.626. The van der Waals surface area contributed by atoms with Crippen LogP contribution < -0.4 is 0 Å². The van der Waals surface area contributed by atoms with Crippen LogP contribution in [0.4, 0.5) is 0 Å². The van der Waals surface area contributed by atoms with Crippen molar-refractivity contribution in [2.75, 3.05) is 12.3 Å². The topological polar surface area (TPSA) is 63.9 Å². The van der Waals surface area contributed by atoms with Gasteiger partial charge in [0.1, 0.15) is 5.52 Å². The van der Waals surface area contributed by atoms with Crippen molar-refractivity contribution >= 4 is 39.7 Å². The van der Waals surface area contributed by atoms with E-state index in [0.717, 1.165) is 54.4 Å². The molecule has 142 valence electrons. The Morgan fingerprint density at radius 3 is 2.89 bits per heavy atom. The lowest BCUT2D eigenvalue weighted by Crippen LogP contribution is -2.44. The van der Waals surface area contributed by atoms with Gasteiger partial charge in [-0.25, -0.2) is 4.98 Å². The average Bonchev–Trinajstić information content (AvgIpc) is 3.04. The number of rotatable bonds is 5. The summed E-state index contributed by atoms with van der Waals surface area (Å²) >= 11 is 1.39. The van der Waals surface area contributed by atoms with Gasteiger partial charge in [0.05, 0.1) is 11.3 Å². The maximum atomic E-state index is 12.7. The van der Waals surface area contributed by atoms with E-state index in [9.17, 15) is 4.79 Å². The van der Waals surface area contributed by atoms with Crippen LogP contribution in [0.2, 0.25) is 0 Å². The zero-order valence-corrected chi connectivity index (χ0v) is 16.7. The Balaban J connectivity index is 1.56. The van der Waals surface area contributed by atoms with Gasteiger partial charge in [0.25, 0.3) is 0 Å². The number of hydrogen-bond donors (Lipinski definition) is 0. The number of fused-ring (bicyclic) bond motifs is 3. The minimum absolute atomic E-state index is 0.186. The van der Waals surface area contributed by atoms with Crippen LogP contribution in [-0.2, 0) is 11.3 Å². The summed E-state index contributed by atoms with van der Waals surface area (Å²) in [5.41, 5.74) is 2.78. The Labute approximate surface area is 163 Å². The van der Waals surface area contributed by atoms with Crippen molar-refractivity contribution in [3.63, 3.8) is 0 Å². The third-order valence-corrected chi connectivity index (χ3v) is 6.24. The third kappa shape index (κ3) is 3.40. The van der Waals surface area contributed by atoms with Gasteiger partial charge in [-0.1, -0.05) is 36.9 Å². The lowest BCUT2D eigenvalue weighted by Gasteiger charge is -2.35. The van der Waals surface area contributed by atoms with Crippen molar-refractivity contribution in [3.8, 4) is 0 Å². The second-order valence-corrected chi connectivity index (χ2v) is 7.90. The summed E-state index contributed by atoms with van der Waals surface area (Å²) in [4.78, 5) is 19.5. The first-order valence-electron chi connectivity index (χ1n) is 9.76. The van der Waals surface area contributed by atoms with E-state index < -0.39 is 0 Å². The molecule has 1 amide bonds. The molecule has 0 spiro atoms. The molecule has 1 aliphatic heterocycles. The predicted molar refractivity (Wildman–Crippen MR) is 109 cm³/mol. The van der Waals surface area contributed by atoms with Crippen LogP contribution >= 0.6 is 11.8 Å². The molecular weight excluding hydrogens is 358 g/mol. The van der Waals surface area contributed by atoms with Gasteiger partial charge in [-0.15, -0.1) is 10.2 Å². The number of carbonyl (C=O) groups excluding carboxylic acids is 1. The highest BCUT2D eigenvalue weighted by Gasteiger charge is 2.25. The molecule has 1 aromatic carbocycles. The van der Waals surface area contributed by atoms with Crippen molar-refractivity contribution in [2.24, 2.45) is 0 Å². The second-order valence-electron chi connectivity index (χ2n) is 6.96. The highest BCUT2D eigenvalue weighted by molar-refractivity contribution is 7.99. The van der Waals surface area contributed by atoms with Crippen LogP contribution in [0, 0.1) is 0 Å². The molecule has 6 nitrogen and oxygen atoms in total. The van der Waals surface area contributed by atoms with E-state index in [-0.39, 0.29) is 5.91 Å². The lowest BCUT2D eigenvalue weighted by atomic mass is 10.0. The first-order chi connectivity index (χ1) is 13.2. The molecule has 3 aromatic rings. The van der Waals surface area contributed by atoms with Crippen LogP contribution in [0.25, 0.3) is 22.1 Å². The van der Waals surface area contributed by atoms with Crippen molar-refractivity contribution in [1.29, 1.82) is 0 Å². The Bertz CT molecular complexity index is 970. The summed E-state index contributed by atoms with van der Waals surface area (Å²) in [5.74, 6) is 0.557. The number of nitrogens with zero attached hydrogens (tertiary/aromatic N) is 5. The lowest BCUT2D eigenvalue weighted by molar-refractivity contribution is -0.132. The van der Waals surface area contributed by atoms with Gasteiger partial charge in [-0.05, 0) is 38.7 Å². The van der Waals surface area contributed by atoms with Crippen LogP contribution in [-0.4, -0.2) is 48.9 Å². The Hall–Kier alpha value is -2.15. The van der Waals surface area contributed by atoms with Gasteiger partial charge < -0.3 is 9.47 Å². The SMILES string of the molecule is CC[C@@H]1CCCCN1C(=O)CSc1nnc2c3ccccc3n(CC)c2n1. The number of para-hydroxylation sites is 1. The number of piperidine rings is 1. The molecule has 0 unspecified atom stereocenters. The first-order valence-corrected chi connectivity index (χ1v) is 10.8. The van der Waals surface area contributed by atoms with Crippen molar-refractivity contribution in [3.05, 3.63) is 24.3 Å². The molecule has 3 heterocycles. The fourth-order valence-electron chi connectivity index (χ4n) is 4.03. The fraction of sp³-hybridized carbons (Fsp3) is 0.500. The molecule has 27 heavy (non-hydrogen) atoms. The van der Waals surface area contributed by atoms with Crippen LogP contribution in [0.3, 0.4) is 0 Å². The normalized spacial score (nSPS) is 17.7. The van der Waals surface area contributed by atoms with E-state index in [4.69, 9.17) is 4.98 Å². The van der Waals surface area contributed by atoms with Gasteiger partial charge in [-0.2, -0.15) is 0 Å². The Morgan fingerprint density at radius 2 is 2.07 bits per heavy atom. The third-order valence-electron chi connectivity index (χ3n) is 5.41. The summed E-state index contributed by atoms with van der Waals surface area (Å²) in [6.07, 6.45) is 4.47. The number of hydrogen-bond acceptors (Lipinski definition) is 5. The summed E-state index contributed by atoms with van der Waals surface area (Å²) in [7, 11) is 0. The number of aryl methyl sites for hydroxylation is 1. The van der Waals surface area contributed by atoms with E-state index in [1.165, 1.54) is 18.2 Å². The number of likely N-dealkylation sites (tertiary alicyclic amines) is 1. The zero-order chi connectivity index (χ0) is 18.8. The highest BCUT2D eigenvalue weighted by atomic mass is 32.2. The molecule has 1 fully saturated rings. The number of benzene rings is 1. The fourth-order valence-corrected chi connectivity index (χ4v) is 4.70. The molecule has 0 aliphatic carbocycles. The molecule has 1 saturated heterocycles. The molecular formula is C20H25N5OS. The maximum absolute atomic E-state index is 12.7. The summed E-state index contributed by atoms with van der Waals surface area (Å²) < 4.78 is 2.16. The molecule has 7 heteroatoms. The molecule has 0 N–H and O–H groups in total. The Kier molecular flexibility index (Phi) is 5.29. The van der Waals surface area contributed by atoms with E-state index in [1.807, 2.05) is 17.0 Å². The van der Waals surface area contributed by atoms with Crippen molar-refractivity contribution in [1.82, 2.24) is 24.6 Å². The summed E-state index contributed by atoms with van der Waals surface area (Å²) in [6, 6.07) is 8.55. The number of carbonyl (C=O) groups is 1. The van der Waals surface area contributed by atoms with E-state index in [2.05, 4.69) is 40.7 Å². The summed E-state index contributed by atoms with van der Waals surface area (Å²) in [6.45, 7) is 5.96. The minimum atomic E-state index is 0.186. The Morgan fingerprint density at radius 1 is 1.22 bits per heavy atom. The van der Waals surface area contributed by atoms with Crippen molar-refractivity contribution in [2.45, 2.75) is 57.3 Å². The zero-order valence-electron chi connectivity index (χ0n) is 15.9. The van der Waals surface area contributed by atoms with Gasteiger partial charge in [0.15, 0.2) is 5.65 Å². The maximum Gasteiger partial charge on any atom is 0.233 e. The molecule has 4 rings (SSSR count). The number of thioether (sulfide) groups is 1. The summed E-state index contributed by atoms with van der Waals surface area (Å²) in [5, 5.41) is 10.3. The standard InChI is InChI=1S/C20H25N5OS/c1-3-14-9-7-8-12-25(14)17(26)13-27-20-21-19-18(22-23-20)15-10-5-6-11-16(15)24(19)4-2/h5-6,10-11,14H,3-4,7-9,12-13H2,1-2H3/t14-/m1/s1. The molecule has 1 atom stereocenters. The van der Waals surface area contributed by atoms with Gasteiger partial charge >= 0.3 is 0 Å². The van der Waals surface area contributed by atoms with Gasteiger partial charge in [-0.3, -0.25) is 4.79 Å². The largest absolute Gasteiger partial charge is 0.339 e. The minimum Gasteiger partial charge on any atom is -0.339 e. The van der Waals surface area contributed by atoms with Crippen molar-refractivity contribution < 1.29 is 4.79 Å². The van der Waals surface area contributed by atoms with Gasteiger partial charge in [0, 0.05) is 24.5 Å². The van der Waals surface area contributed by atoms with Crippen LogP contribution in [0.5, 0.6) is 0 Å². The molecule has 1 aliphatic rings. The first kappa shape index (κ1) is 18.2. The van der Waals surface area contributed by atoms with E-state index >= 15 is 0 Å². The molecule has 0 saturated carbocycles. The monoisotopic (exact) mass is 383 g/mol. The van der Waals surface area contributed by atoms with Crippen LogP contribution in [0.1, 0.15) is 39.5 Å². The molecule has 0 bridgehead atoms. The number of amides is 1. The van der Waals surface area contributed by atoms with Gasteiger partial charge in [0.2, 0.25) is 11.1 Å². The number of aromatic nitrogens is 4. The smallest absolute Gasteiger partial charge is 0.233 e. The molecule has 0 radical (unpaired) electrons. The average molecular weight is 384 g/mol. The molecule has 2 aromatic heterocycles. The second kappa shape index (κ2) is 7.84.